The van der Waals surface area contributed by atoms with Crippen molar-refractivity contribution in [3.05, 3.63) is 105 Å². The van der Waals surface area contributed by atoms with Crippen LogP contribution in [0.2, 0.25) is 0 Å². The van der Waals surface area contributed by atoms with Crippen molar-refractivity contribution >= 4 is 28.5 Å². The summed E-state index contributed by atoms with van der Waals surface area (Å²) in [7, 11) is 0. The Morgan fingerprint density at radius 1 is 0.972 bits per heavy atom. The van der Waals surface area contributed by atoms with Crippen LogP contribution < -0.4 is 15.1 Å². The maximum atomic E-state index is 14.0. The van der Waals surface area contributed by atoms with Crippen molar-refractivity contribution in [2.75, 3.05) is 18.1 Å². The van der Waals surface area contributed by atoms with Gasteiger partial charge >= 0.3 is 5.97 Å². The number of rotatable bonds is 6. The second-order valence-corrected chi connectivity index (χ2v) is 8.16. The zero-order valence-electron chi connectivity index (χ0n) is 19.6. The predicted octanol–water partition coefficient (Wildman–Crippen LogP) is 5.26. The lowest BCUT2D eigenvalue weighted by atomic mass is 9.98. The topological polar surface area (TPSA) is 86.0 Å². The summed E-state index contributed by atoms with van der Waals surface area (Å²) in [6, 6.07) is 16.2. The van der Waals surface area contributed by atoms with Gasteiger partial charge in [0.2, 0.25) is 5.76 Å². The van der Waals surface area contributed by atoms with Gasteiger partial charge in [0.1, 0.15) is 17.1 Å². The summed E-state index contributed by atoms with van der Waals surface area (Å²) in [5.74, 6) is -1.04. The van der Waals surface area contributed by atoms with Gasteiger partial charge in [-0.2, -0.15) is 0 Å². The van der Waals surface area contributed by atoms with Crippen LogP contribution >= 0.6 is 0 Å². The summed E-state index contributed by atoms with van der Waals surface area (Å²) in [5, 5.41) is 0.0528. The maximum Gasteiger partial charge on any atom is 0.338 e. The molecule has 1 aromatic heterocycles. The number of carbonyl (C=O) groups excluding carboxylic acids is 2. The van der Waals surface area contributed by atoms with Gasteiger partial charge in [0.25, 0.3) is 5.91 Å². The van der Waals surface area contributed by atoms with Gasteiger partial charge in [-0.1, -0.05) is 12.1 Å². The van der Waals surface area contributed by atoms with E-state index in [-0.39, 0.29) is 28.9 Å². The van der Waals surface area contributed by atoms with Gasteiger partial charge in [-0.25, -0.2) is 9.18 Å². The first-order valence-corrected chi connectivity index (χ1v) is 11.5. The van der Waals surface area contributed by atoms with Crippen LogP contribution in [-0.4, -0.2) is 25.1 Å². The normalized spacial score (nSPS) is 14.7. The molecule has 0 fully saturated rings. The fourth-order valence-electron chi connectivity index (χ4n) is 4.41. The minimum atomic E-state index is -0.833. The van der Waals surface area contributed by atoms with Crippen molar-refractivity contribution in [3.8, 4) is 5.75 Å². The maximum absolute atomic E-state index is 14.0. The Morgan fingerprint density at radius 2 is 1.69 bits per heavy atom. The summed E-state index contributed by atoms with van der Waals surface area (Å²) in [5.41, 5.74) is 1.19. The highest BCUT2D eigenvalue weighted by Gasteiger charge is 2.43. The minimum Gasteiger partial charge on any atom is -0.494 e. The number of hydrogen-bond donors (Lipinski definition) is 0. The standard InChI is InChI=1S/C28H22FNO6/c1-3-34-20-12-7-16(8-13-20)24-23-25(31)21-15-18(29)9-14-22(21)36-26(23)27(32)30(24)19-10-5-17(6-11-19)28(33)35-4-2/h5-15,24H,3-4H2,1-2H3. The number of amides is 1. The highest BCUT2D eigenvalue weighted by atomic mass is 19.1. The SMILES string of the molecule is CCOC(=O)c1ccc(N2C(=O)c3oc4ccc(F)cc4c(=O)c3C2c2ccc(OCC)cc2)cc1. The Balaban J connectivity index is 1.68. The van der Waals surface area contributed by atoms with E-state index in [4.69, 9.17) is 13.9 Å². The largest absolute Gasteiger partial charge is 0.494 e. The van der Waals surface area contributed by atoms with Crippen LogP contribution in [0.3, 0.4) is 0 Å². The number of carbonyl (C=O) groups is 2. The highest BCUT2D eigenvalue weighted by Crippen LogP contribution is 2.41. The van der Waals surface area contributed by atoms with Crippen molar-refractivity contribution in [1.82, 2.24) is 0 Å². The lowest BCUT2D eigenvalue weighted by Crippen LogP contribution is -2.29. The first kappa shape index (κ1) is 23.3. The van der Waals surface area contributed by atoms with Gasteiger partial charge in [-0.3, -0.25) is 14.5 Å². The third-order valence-electron chi connectivity index (χ3n) is 6.00. The molecule has 36 heavy (non-hydrogen) atoms. The number of fused-ring (bicyclic) bond motifs is 2. The van der Waals surface area contributed by atoms with Crippen LogP contribution in [0.5, 0.6) is 5.75 Å². The second-order valence-electron chi connectivity index (χ2n) is 8.16. The number of ether oxygens (including phenoxy) is 2. The molecule has 5 rings (SSSR count). The lowest BCUT2D eigenvalue weighted by molar-refractivity contribution is 0.0526. The number of nitrogens with zero attached hydrogens (tertiary/aromatic N) is 1. The van der Waals surface area contributed by atoms with E-state index in [1.807, 2.05) is 6.92 Å². The average Bonchev–Trinajstić information content (AvgIpc) is 3.18. The van der Waals surface area contributed by atoms with Crippen molar-refractivity contribution in [2.45, 2.75) is 19.9 Å². The van der Waals surface area contributed by atoms with E-state index in [0.717, 1.165) is 6.07 Å². The summed E-state index contributed by atoms with van der Waals surface area (Å²) in [6.07, 6.45) is 0. The Kier molecular flexibility index (Phi) is 6.01. The second kappa shape index (κ2) is 9.30. The molecule has 2 heterocycles. The molecule has 1 amide bonds. The Bertz CT molecular complexity index is 1530. The first-order valence-electron chi connectivity index (χ1n) is 11.5. The third kappa shape index (κ3) is 3.90. The van der Waals surface area contributed by atoms with Crippen LogP contribution in [0.25, 0.3) is 11.0 Å². The van der Waals surface area contributed by atoms with Crippen molar-refractivity contribution in [3.63, 3.8) is 0 Å². The Hall–Kier alpha value is -4.46. The van der Waals surface area contributed by atoms with Gasteiger partial charge < -0.3 is 13.9 Å². The molecular weight excluding hydrogens is 465 g/mol. The number of hydrogen-bond acceptors (Lipinski definition) is 6. The number of benzene rings is 3. The Labute approximate surface area is 205 Å². The molecule has 0 saturated carbocycles. The number of esters is 1. The molecule has 0 bridgehead atoms. The van der Waals surface area contributed by atoms with Crippen molar-refractivity contribution in [2.24, 2.45) is 0 Å². The molecule has 1 aliphatic heterocycles. The highest BCUT2D eigenvalue weighted by molar-refractivity contribution is 6.10. The number of anilines is 1. The summed E-state index contributed by atoms with van der Waals surface area (Å²) < 4.78 is 30.4. The lowest BCUT2D eigenvalue weighted by Gasteiger charge is -2.25. The van der Waals surface area contributed by atoms with Gasteiger partial charge in [0.05, 0.1) is 35.8 Å². The molecule has 1 atom stereocenters. The van der Waals surface area contributed by atoms with E-state index in [9.17, 15) is 18.8 Å². The van der Waals surface area contributed by atoms with Gasteiger partial charge in [-0.05, 0) is 74.0 Å². The van der Waals surface area contributed by atoms with Crippen LogP contribution in [0.1, 0.15) is 51.9 Å². The van der Waals surface area contributed by atoms with E-state index in [1.54, 1.807) is 55.5 Å². The summed E-state index contributed by atoms with van der Waals surface area (Å²) >= 11 is 0. The van der Waals surface area contributed by atoms with E-state index < -0.39 is 29.2 Å². The zero-order chi connectivity index (χ0) is 25.4. The minimum absolute atomic E-state index is 0.0528. The molecule has 0 aliphatic carbocycles. The van der Waals surface area contributed by atoms with Crippen molar-refractivity contribution in [1.29, 1.82) is 0 Å². The molecule has 8 heteroatoms. The monoisotopic (exact) mass is 487 g/mol. The van der Waals surface area contributed by atoms with E-state index in [0.29, 0.717) is 29.2 Å². The van der Waals surface area contributed by atoms with Crippen LogP contribution in [0.15, 0.2) is 75.9 Å². The summed E-state index contributed by atoms with van der Waals surface area (Å²) in [6.45, 7) is 4.32. The molecule has 0 spiro atoms. The van der Waals surface area contributed by atoms with Crippen LogP contribution in [0.4, 0.5) is 10.1 Å². The molecule has 0 N–H and O–H groups in total. The predicted molar refractivity (Wildman–Crippen MR) is 131 cm³/mol. The average molecular weight is 487 g/mol. The quantitative estimate of drug-likeness (QED) is 0.345. The fourth-order valence-corrected chi connectivity index (χ4v) is 4.41. The molecule has 3 aromatic carbocycles. The molecule has 0 saturated heterocycles. The molecule has 182 valence electrons. The van der Waals surface area contributed by atoms with E-state index >= 15 is 0 Å². The van der Waals surface area contributed by atoms with E-state index in [2.05, 4.69) is 0 Å². The molecule has 1 aliphatic rings. The molecular formula is C28H22FNO6. The fraction of sp³-hybridized carbons (Fsp3) is 0.179. The first-order chi connectivity index (χ1) is 17.4. The molecule has 0 radical (unpaired) electrons. The molecule has 1 unspecified atom stereocenters. The van der Waals surface area contributed by atoms with Crippen LogP contribution in [-0.2, 0) is 4.74 Å². The van der Waals surface area contributed by atoms with Gasteiger partial charge in [0.15, 0.2) is 5.43 Å². The smallest absolute Gasteiger partial charge is 0.338 e. The zero-order valence-corrected chi connectivity index (χ0v) is 19.6. The molecule has 4 aromatic rings. The molecule has 7 nitrogen and oxygen atoms in total. The number of halogens is 1. The van der Waals surface area contributed by atoms with Crippen LogP contribution in [0, 0.1) is 5.82 Å². The third-order valence-corrected chi connectivity index (χ3v) is 6.00. The van der Waals surface area contributed by atoms with Gasteiger partial charge in [-0.15, -0.1) is 0 Å². The Morgan fingerprint density at radius 3 is 2.36 bits per heavy atom. The van der Waals surface area contributed by atoms with Crippen molar-refractivity contribution < 1.29 is 27.9 Å². The van der Waals surface area contributed by atoms with E-state index in [1.165, 1.54) is 17.0 Å². The van der Waals surface area contributed by atoms with Gasteiger partial charge in [0, 0.05) is 5.69 Å². The summed E-state index contributed by atoms with van der Waals surface area (Å²) in [4.78, 5) is 40.7.